The first-order valence-electron chi connectivity index (χ1n) is 6.66. The zero-order chi connectivity index (χ0) is 14.3. The predicted molar refractivity (Wildman–Crippen MR) is 74.8 cm³/mol. The van der Waals surface area contributed by atoms with Crippen molar-refractivity contribution in [2.45, 2.75) is 39.2 Å². The van der Waals surface area contributed by atoms with E-state index >= 15 is 0 Å². The van der Waals surface area contributed by atoms with Crippen LogP contribution in [0, 0.1) is 5.41 Å². The van der Waals surface area contributed by atoms with Crippen LogP contribution in [-0.2, 0) is 22.4 Å². The van der Waals surface area contributed by atoms with Crippen LogP contribution in [0.2, 0.25) is 0 Å². The zero-order valence-electron chi connectivity index (χ0n) is 11.5. The van der Waals surface area contributed by atoms with Crippen LogP contribution < -0.4 is 10.6 Å². The average Bonchev–Trinajstić information content (AvgIpc) is 2.93. The summed E-state index contributed by atoms with van der Waals surface area (Å²) in [6, 6.07) is -0.625. The number of amides is 2. The van der Waals surface area contributed by atoms with Gasteiger partial charge in [-0.05, 0) is 24.7 Å². The molecule has 108 valence electrons. The quantitative estimate of drug-likeness (QED) is 0.870. The van der Waals surface area contributed by atoms with E-state index in [9.17, 15) is 9.59 Å². The summed E-state index contributed by atoms with van der Waals surface area (Å²) in [7, 11) is 0. The molecular formula is C13H17N3O3S. The SMILES string of the molecule is CC1(C)CCc2nc(NC(=O)C3COC(=O)N3)sc2C1. The number of nitrogens with zero attached hydrogens (tertiary/aromatic N) is 1. The molecule has 0 spiro atoms. The first-order chi connectivity index (χ1) is 9.43. The van der Waals surface area contributed by atoms with E-state index in [1.807, 2.05) is 0 Å². The maximum Gasteiger partial charge on any atom is 0.407 e. The monoisotopic (exact) mass is 295 g/mol. The minimum absolute atomic E-state index is 0.0722. The van der Waals surface area contributed by atoms with Gasteiger partial charge in [0.1, 0.15) is 12.6 Å². The molecular weight excluding hydrogens is 278 g/mol. The molecule has 3 rings (SSSR count). The third-order valence-corrected chi connectivity index (χ3v) is 4.69. The van der Waals surface area contributed by atoms with E-state index in [1.165, 1.54) is 16.2 Å². The normalized spacial score (nSPS) is 23.7. The van der Waals surface area contributed by atoms with Crippen molar-refractivity contribution >= 4 is 28.5 Å². The summed E-state index contributed by atoms with van der Waals surface area (Å²) in [6.07, 6.45) is 2.52. The Labute approximate surface area is 120 Å². The van der Waals surface area contributed by atoms with E-state index < -0.39 is 12.1 Å². The number of rotatable bonds is 2. The molecule has 2 amide bonds. The van der Waals surface area contributed by atoms with Gasteiger partial charge in [0, 0.05) is 4.88 Å². The Morgan fingerprint density at radius 3 is 3.05 bits per heavy atom. The van der Waals surface area contributed by atoms with Crippen molar-refractivity contribution < 1.29 is 14.3 Å². The van der Waals surface area contributed by atoms with Gasteiger partial charge in [-0.1, -0.05) is 13.8 Å². The van der Waals surface area contributed by atoms with Crippen LogP contribution in [-0.4, -0.2) is 29.6 Å². The lowest BCUT2D eigenvalue weighted by atomic mass is 9.79. The van der Waals surface area contributed by atoms with E-state index in [1.54, 1.807) is 0 Å². The van der Waals surface area contributed by atoms with E-state index in [-0.39, 0.29) is 12.5 Å². The van der Waals surface area contributed by atoms with Crippen LogP contribution in [0.5, 0.6) is 0 Å². The molecule has 1 fully saturated rings. The molecule has 2 N–H and O–H groups in total. The molecule has 1 aliphatic carbocycles. The summed E-state index contributed by atoms with van der Waals surface area (Å²) in [5, 5.41) is 5.83. The number of ether oxygens (including phenoxy) is 1. The second kappa shape index (κ2) is 4.73. The Balaban J connectivity index is 1.68. The zero-order valence-corrected chi connectivity index (χ0v) is 12.3. The Hall–Kier alpha value is -1.63. The molecule has 20 heavy (non-hydrogen) atoms. The van der Waals surface area contributed by atoms with Gasteiger partial charge in [0.2, 0.25) is 0 Å². The van der Waals surface area contributed by atoms with Gasteiger partial charge in [-0.3, -0.25) is 4.79 Å². The molecule has 1 atom stereocenters. The smallest absolute Gasteiger partial charge is 0.407 e. The van der Waals surface area contributed by atoms with Crippen LogP contribution in [0.1, 0.15) is 30.8 Å². The van der Waals surface area contributed by atoms with Crippen molar-refractivity contribution in [2.75, 3.05) is 11.9 Å². The van der Waals surface area contributed by atoms with E-state index in [4.69, 9.17) is 4.74 Å². The molecule has 0 bridgehead atoms. The van der Waals surface area contributed by atoms with Gasteiger partial charge in [0.15, 0.2) is 5.13 Å². The van der Waals surface area contributed by atoms with E-state index in [2.05, 4.69) is 29.5 Å². The summed E-state index contributed by atoms with van der Waals surface area (Å²) < 4.78 is 4.70. The summed E-state index contributed by atoms with van der Waals surface area (Å²) in [5.74, 6) is -0.277. The van der Waals surface area contributed by atoms with Gasteiger partial charge in [-0.25, -0.2) is 9.78 Å². The Bertz CT molecular complexity index is 567. The number of alkyl carbamates (subject to hydrolysis) is 1. The van der Waals surface area contributed by atoms with Crippen LogP contribution in [0.4, 0.5) is 9.93 Å². The highest BCUT2D eigenvalue weighted by molar-refractivity contribution is 7.15. The van der Waals surface area contributed by atoms with Crippen molar-refractivity contribution in [3.05, 3.63) is 10.6 Å². The van der Waals surface area contributed by atoms with Crippen molar-refractivity contribution in [3.63, 3.8) is 0 Å². The predicted octanol–water partition coefficient (Wildman–Crippen LogP) is 1.70. The fourth-order valence-corrected chi connectivity index (χ4v) is 3.74. The van der Waals surface area contributed by atoms with Crippen LogP contribution in [0.3, 0.4) is 0 Å². The molecule has 7 heteroatoms. The number of carbonyl (C=O) groups excluding carboxylic acids is 2. The van der Waals surface area contributed by atoms with Gasteiger partial charge >= 0.3 is 6.09 Å². The van der Waals surface area contributed by atoms with Gasteiger partial charge in [-0.2, -0.15) is 0 Å². The molecule has 0 radical (unpaired) electrons. The van der Waals surface area contributed by atoms with Crippen molar-refractivity contribution in [2.24, 2.45) is 5.41 Å². The second-order valence-electron chi connectivity index (χ2n) is 6.01. The van der Waals surface area contributed by atoms with Crippen LogP contribution in [0.25, 0.3) is 0 Å². The minimum Gasteiger partial charge on any atom is -0.447 e. The first-order valence-corrected chi connectivity index (χ1v) is 7.47. The third kappa shape index (κ3) is 2.63. The average molecular weight is 295 g/mol. The molecule has 2 aliphatic rings. The molecule has 1 aromatic rings. The fourth-order valence-electron chi connectivity index (χ4n) is 2.47. The largest absolute Gasteiger partial charge is 0.447 e. The molecule has 6 nitrogen and oxygen atoms in total. The van der Waals surface area contributed by atoms with Gasteiger partial charge in [-0.15, -0.1) is 11.3 Å². The topological polar surface area (TPSA) is 80.3 Å². The van der Waals surface area contributed by atoms with E-state index in [0.29, 0.717) is 10.5 Å². The van der Waals surface area contributed by atoms with Crippen molar-refractivity contribution in [3.8, 4) is 0 Å². The molecule has 1 aromatic heterocycles. The number of aromatic nitrogens is 1. The molecule has 1 saturated heterocycles. The van der Waals surface area contributed by atoms with Crippen molar-refractivity contribution in [1.82, 2.24) is 10.3 Å². The maximum absolute atomic E-state index is 12.0. The molecule has 2 heterocycles. The fraction of sp³-hybridized carbons (Fsp3) is 0.615. The molecule has 0 saturated carbocycles. The van der Waals surface area contributed by atoms with Gasteiger partial charge in [0.25, 0.3) is 5.91 Å². The number of thiazole rings is 1. The molecule has 0 aromatic carbocycles. The number of fused-ring (bicyclic) bond motifs is 1. The summed E-state index contributed by atoms with van der Waals surface area (Å²) in [5.41, 5.74) is 1.39. The minimum atomic E-state index is -0.625. The number of aryl methyl sites for hydroxylation is 1. The molecule has 1 unspecified atom stereocenters. The third-order valence-electron chi connectivity index (χ3n) is 3.68. The number of carbonyl (C=O) groups is 2. The summed E-state index contributed by atoms with van der Waals surface area (Å²) in [4.78, 5) is 28.6. The lowest BCUT2D eigenvalue weighted by Crippen LogP contribution is -2.38. The van der Waals surface area contributed by atoms with Gasteiger partial charge < -0.3 is 15.4 Å². The number of nitrogens with one attached hydrogen (secondary N) is 2. The second-order valence-corrected chi connectivity index (χ2v) is 7.10. The van der Waals surface area contributed by atoms with Crippen LogP contribution >= 0.6 is 11.3 Å². The number of anilines is 1. The maximum atomic E-state index is 12.0. The van der Waals surface area contributed by atoms with E-state index in [0.717, 1.165) is 25.0 Å². The number of hydrogen-bond donors (Lipinski definition) is 2. The Morgan fingerprint density at radius 2 is 2.35 bits per heavy atom. The molecule has 1 aliphatic heterocycles. The number of cyclic esters (lactones) is 1. The highest BCUT2D eigenvalue weighted by Crippen LogP contribution is 2.38. The Morgan fingerprint density at radius 1 is 1.55 bits per heavy atom. The Kier molecular flexibility index (Phi) is 3.16. The standard InChI is InChI=1S/C13H17N3O3S/c1-13(2)4-3-7-9(5-13)20-11(14-7)16-10(17)8-6-19-12(18)15-8/h8H,3-6H2,1-2H3,(H,15,18)(H,14,16,17). The highest BCUT2D eigenvalue weighted by Gasteiger charge is 2.31. The van der Waals surface area contributed by atoms with Gasteiger partial charge in [0.05, 0.1) is 5.69 Å². The summed E-state index contributed by atoms with van der Waals surface area (Å²) >= 11 is 1.53. The van der Waals surface area contributed by atoms with Crippen molar-refractivity contribution in [1.29, 1.82) is 0 Å². The van der Waals surface area contributed by atoms with Crippen LogP contribution in [0.15, 0.2) is 0 Å². The lowest BCUT2D eigenvalue weighted by Gasteiger charge is -2.28. The number of hydrogen-bond acceptors (Lipinski definition) is 5. The summed E-state index contributed by atoms with van der Waals surface area (Å²) in [6.45, 7) is 4.57. The first kappa shape index (κ1) is 13.4. The highest BCUT2D eigenvalue weighted by atomic mass is 32.1. The lowest BCUT2D eigenvalue weighted by molar-refractivity contribution is -0.117.